The van der Waals surface area contributed by atoms with Crippen LogP contribution in [0.1, 0.15) is 19.7 Å². The highest BCUT2D eigenvalue weighted by Crippen LogP contribution is 2.39. The van der Waals surface area contributed by atoms with E-state index in [1.165, 1.54) is 19.2 Å². The van der Waals surface area contributed by atoms with Crippen molar-refractivity contribution in [1.82, 2.24) is 15.5 Å². The molecule has 1 heterocycles. The van der Waals surface area contributed by atoms with Crippen molar-refractivity contribution in [3.63, 3.8) is 0 Å². The molecule has 0 aliphatic heterocycles. The van der Waals surface area contributed by atoms with Crippen molar-refractivity contribution in [3.05, 3.63) is 28.1 Å². The van der Waals surface area contributed by atoms with E-state index in [1.807, 2.05) is 14.0 Å². The first-order valence-corrected chi connectivity index (χ1v) is 7.49. The molecule has 0 bridgehead atoms. The first-order valence-electron chi connectivity index (χ1n) is 7.49. The molecule has 2 rings (SSSR count). The van der Waals surface area contributed by atoms with Crippen molar-refractivity contribution in [1.29, 1.82) is 0 Å². The third kappa shape index (κ3) is 4.80. The maximum absolute atomic E-state index is 11.4. The molecule has 138 valence electrons. The first kappa shape index (κ1) is 20.7. The summed E-state index contributed by atoms with van der Waals surface area (Å²) in [5.41, 5.74) is 0.00674. The molecule has 1 aromatic heterocycles. The quantitative estimate of drug-likeness (QED) is 0.555. The largest absolute Gasteiger partial charge is 0.493 e. The molecule has 1 atom stereocenters. The van der Waals surface area contributed by atoms with Gasteiger partial charge in [0.25, 0.3) is 11.6 Å². The lowest BCUT2D eigenvalue weighted by Crippen LogP contribution is -2.24. The average molecular weight is 373 g/mol. The molecular formula is C15H21ClN4O5. The Labute approximate surface area is 151 Å². The van der Waals surface area contributed by atoms with Crippen molar-refractivity contribution in [2.24, 2.45) is 0 Å². The van der Waals surface area contributed by atoms with Gasteiger partial charge in [0.2, 0.25) is 0 Å². The van der Waals surface area contributed by atoms with E-state index in [9.17, 15) is 10.1 Å². The number of rotatable bonds is 8. The van der Waals surface area contributed by atoms with E-state index >= 15 is 0 Å². The second kappa shape index (κ2) is 9.19. The zero-order valence-electron chi connectivity index (χ0n) is 14.4. The van der Waals surface area contributed by atoms with Crippen LogP contribution in [0.15, 0.2) is 16.7 Å². The molecule has 0 fully saturated rings. The van der Waals surface area contributed by atoms with Gasteiger partial charge in [0, 0.05) is 18.5 Å². The summed E-state index contributed by atoms with van der Waals surface area (Å²) in [6.07, 6.45) is 0.544. The van der Waals surface area contributed by atoms with E-state index in [-0.39, 0.29) is 35.6 Å². The number of nitro benzene ring substituents is 1. The SMILES string of the molecule is CCOc1cc([N+](=O)[O-])c(-c2nc(CC(C)NC)no2)cc1OC.Cl. The topological polar surface area (TPSA) is 113 Å². The Bertz CT molecular complexity index is 722. The first-order chi connectivity index (χ1) is 11.5. The van der Waals surface area contributed by atoms with Gasteiger partial charge in [-0.25, -0.2) is 0 Å². The van der Waals surface area contributed by atoms with Crippen LogP contribution in [0.3, 0.4) is 0 Å². The molecule has 10 heteroatoms. The van der Waals surface area contributed by atoms with Crippen LogP contribution >= 0.6 is 12.4 Å². The van der Waals surface area contributed by atoms with Crippen LogP contribution in [0.4, 0.5) is 5.69 Å². The number of likely N-dealkylation sites (N-methyl/N-ethyl adjacent to an activating group) is 1. The lowest BCUT2D eigenvalue weighted by molar-refractivity contribution is -0.384. The van der Waals surface area contributed by atoms with E-state index < -0.39 is 4.92 Å². The van der Waals surface area contributed by atoms with Gasteiger partial charge in [0.05, 0.1) is 24.7 Å². The van der Waals surface area contributed by atoms with E-state index in [4.69, 9.17) is 14.0 Å². The van der Waals surface area contributed by atoms with E-state index in [2.05, 4.69) is 15.5 Å². The van der Waals surface area contributed by atoms with Crippen LogP contribution in [0.2, 0.25) is 0 Å². The van der Waals surface area contributed by atoms with Gasteiger partial charge < -0.3 is 19.3 Å². The minimum atomic E-state index is -0.516. The molecule has 1 N–H and O–H groups in total. The second-order valence-corrected chi connectivity index (χ2v) is 5.12. The zero-order valence-corrected chi connectivity index (χ0v) is 15.3. The summed E-state index contributed by atoms with van der Waals surface area (Å²) < 4.78 is 15.8. The molecule has 0 amide bonds. The van der Waals surface area contributed by atoms with Gasteiger partial charge in [-0.15, -0.1) is 12.4 Å². The Morgan fingerprint density at radius 3 is 2.68 bits per heavy atom. The molecular weight excluding hydrogens is 352 g/mol. The smallest absolute Gasteiger partial charge is 0.286 e. The normalized spacial score (nSPS) is 11.5. The number of halogens is 1. The summed E-state index contributed by atoms with van der Waals surface area (Å²) in [4.78, 5) is 15.1. The molecule has 0 aliphatic rings. The molecule has 0 saturated carbocycles. The standard InChI is InChI=1S/C15H20N4O5.ClH/c1-5-23-13-8-11(19(20)21)10(7-12(13)22-4)15-17-14(18-24-15)6-9(2)16-3;/h7-9,16H,5-6H2,1-4H3;1H. The number of nitrogens with zero attached hydrogens (tertiary/aromatic N) is 3. The Balaban J connectivity index is 0.00000312. The number of aromatic nitrogens is 2. The summed E-state index contributed by atoms with van der Waals surface area (Å²) in [7, 11) is 3.29. The summed E-state index contributed by atoms with van der Waals surface area (Å²) in [6, 6.07) is 2.93. The number of hydrogen-bond acceptors (Lipinski definition) is 8. The zero-order chi connectivity index (χ0) is 17.7. The van der Waals surface area contributed by atoms with E-state index in [1.54, 1.807) is 6.92 Å². The van der Waals surface area contributed by atoms with Crippen LogP contribution in [0.5, 0.6) is 11.5 Å². The minimum Gasteiger partial charge on any atom is -0.493 e. The summed E-state index contributed by atoms with van der Waals surface area (Å²) in [5, 5.41) is 18.3. The van der Waals surface area contributed by atoms with Gasteiger partial charge >= 0.3 is 0 Å². The summed E-state index contributed by atoms with van der Waals surface area (Å²) in [5.74, 6) is 1.19. The van der Waals surface area contributed by atoms with Crippen molar-refractivity contribution in [3.8, 4) is 23.0 Å². The molecule has 0 radical (unpaired) electrons. The van der Waals surface area contributed by atoms with Crippen LogP contribution in [-0.2, 0) is 6.42 Å². The Morgan fingerprint density at radius 1 is 1.40 bits per heavy atom. The molecule has 0 aliphatic carbocycles. The molecule has 2 aromatic rings. The van der Waals surface area contributed by atoms with Crippen molar-refractivity contribution < 1.29 is 18.9 Å². The number of nitro groups is 1. The third-order valence-corrected chi connectivity index (χ3v) is 3.46. The molecule has 1 aromatic carbocycles. The third-order valence-electron chi connectivity index (χ3n) is 3.46. The lowest BCUT2D eigenvalue weighted by atomic mass is 10.1. The van der Waals surface area contributed by atoms with Gasteiger partial charge in [-0.05, 0) is 20.9 Å². The number of ether oxygens (including phenoxy) is 2. The number of nitrogens with one attached hydrogen (secondary N) is 1. The van der Waals surface area contributed by atoms with Crippen molar-refractivity contribution in [2.45, 2.75) is 26.3 Å². The van der Waals surface area contributed by atoms with Crippen molar-refractivity contribution >= 4 is 18.1 Å². The Hall–Kier alpha value is -2.39. The van der Waals surface area contributed by atoms with Gasteiger partial charge in [-0.3, -0.25) is 10.1 Å². The Kier molecular flexibility index (Phi) is 7.59. The molecule has 1 unspecified atom stereocenters. The van der Waals surface area contributed by atoms with Gasteiger partial charge in [0.15, 0.2) is 17.3 Å². The second-order valence-electron chi connectivity index (χ2n) is 5.12. The van der Waals surface area contributed by atoms with Gasteiger partial charge in [0.1, 0.15) is 5.56 Å². The van der Waals surface area contributed by atoms with E-state index in [0.717, 1.165) is 0 Å². The predicted octanol–water partition coefficient (Wildman–Crippen LogP) is 2.62. The maximum Gasteiger partial charge on any atom is 0.286 e. The highest BCUT2D eigenvalue weighted by molar-refractivity contribution is 5.85. The molecule has 0 spiro atoms. The molecule has 9 nitrogen and oxygen atoms in total. The Morgan fingerprint density at radius 2 is 2.12 bits per heavy atom. The average Bonchev–Trinajstić information content (AvgIpc) is 3.02. The fourth-order valence-corrected chi connectivity index (χ4v) is 2.12. The van der Waals surface area contributed by atoms with Crippen LogP contribution in [0, 0.1) is 10.1 Å². The van der Waals surface area contributed by atoms with Gasteiger partial charge in [-0.2, -0.15) is 4.98 Å². The molecule has 25 heavy (non-hydrogen) atoms. The van der Waals surface area contributed by atoms with Crippen molar-refractivity contribution in [2.75, 3.05) is 20.8 Å². The predicted molar refractivity (Wildman–Crippen MR) is 93.6 cm³/mol. The minimum absolute atomic E-state index is 0. The van der Waals surface area contributed by atoms with Crippen LogP contribution in [-0.4, -0.2) is 41.9 Å². The van der Waals surface area contributed by atoms with Crippen LogP contribution < -0.4 is 14.8 Å². The molecule has 0 saturated heterocycles. The summed E-state index contributed by atoms with van der Waals surface area (Å²) in [6.45, 7) is 4.12. The maximum atomic E-state index is 11.4. The fourth-order valence-electron chi connectivity index (χ4n) is 2.12. The van der Waals surface area contributed by atoms with Gasteiger partial charge in [-0.1, -0.05) is 5.16 Å². The highest BCUT2D eigenvalue weighted by Gasteiger charge is 2.25. The monoisotopic (exact) mass is 372 g/mol. The van der Waals surface area contributed by atoms with E-state index in [0.29, 0.717) is 30.4 Å². The number of methoxy groups -OCH3 is 1. The highest BCUT2D eigenvalue weighted by atomic mass is 35.5. The lowest BCUT2D eigenvalue weighted by Gasteiger charge is -2.10. The number of benzene rings is 1. The number of hydrogen-bond donors (Lipinski definition) is 1. The van der Waals surface area contributed by atoms with Crippen LogP contribution in [0.25, 0.3) is 11.5 Å². The fraction of sp³-hybridized carbons (Fsp3) is 0.467. The summed E-state index contributed by atoms with van der Waals surface area (Å²) >= 11 is 0.